The molecule has 2 nitrogen and oxygen atoms in total. The summed E-state index contributed by atoms with van der Waals surface area (Å²) < 4.78 is 1.09. The van der Waals surface area contributed by atoms with Crippen LogP contribution in [0.1, 0.15) is 19.4 Å². The molecule has 0 aliphatic rings. The standard InChI is InChI=1S/C13H18BrNO/c1-13(2,10-16)9-15(3)8-11-4-6-12(14)7-5-11/h4-7,10H,8-9H2,1-3H3. The molecule has 0 aromatic heterocycles. The number of hydrogen-bond donors (Lipinski definition) is 0. The Hall–Kier alpha value is -0.670. The fourth-order valence-corrected chi connectivity index (χ4v) is 1.95. The Bertz CT molecular complexity index is 345. The lowest BCUT2D eigenvalue weighted by Gasteiger charge is -2.25. The highest BCUT2D eigenvalue weighted by Gasteiger charge is 2.18. The SMILES string of the molecule is CN(Cc1ccc(Br)cc1)CC(C)(C)C=O. The minimum Gasteiger partial charge on any atom is -0.303 e. The zero-order valence-electron chi connectivity index (χ0n) is 10.0. The molecule has 0 fully saturated rings. The molecule has 1 rings (SSSR count). The fourth-order valence-electron chi connectivity index (χ4n) is 1.69. The largest absolute Gasteiger partial charge is 0.303 e. The molecule has 0 heterocycles. The average molecular weight is 284 g/mol. The molecule has 0 radical (unpaired) electrons. The van der Waals surface area contributed by atoms with E-state index in [2.05, 4.69) is 33.0 Å². The van der Waals surface area contributed by atoms with Gasteiger partial charge in [-0.05, 0) is 24.7 Å². The van der Waals surface area contributed by atoms with Crippen LogP contribution in [-0.4, -0.2) is 24.8 Å². The van der Waals surface area contributed by atoms with Crippen molar-refractivity contribution in [2.24, 2.45) is 5.41 Å². The molecule has 16 heavy (non-hydrogen) atoms. The number of benzene rings is 1. The lowest BCUT2D eigenvalue weighted by atomic mass is 9.95. The van der Waals surface area contributed by atoms with Gasteiger partial charge in [0, 0.05) is 23.0 Å². The highest BCUT2D eigenvalue weighted by molar-refractivity contribution is 9.10. The number of carbonyl (C=O) groups excluding carboxylic acids is 1. The fraction of sp³-hybridized carbons (Fsp3) is 0.462. The van der Waals surface area contributed by atoms with E-state index in [1.165, 1.54) is 5.56 Å². The summed E-state index contributed by atoms with van der Waals surface area (Å²) in [4.78, 5) is 13.0. The van der Waals surface area contributed by atoms with E-state index in [0.717, 1.165) is 23.8 Å². The monoisotopic (exact) mass is 283 g/mol. The van der Waals surface area contributed by atoms with E-state index in [-0.39, 0.29) is 5.41 Å². The molecule has 0 aliphatic carbocycles. The molecule has 0 unspecified atom stereocenters. The Morgan fingerprint density at radius 1 is 1.31 bits per heavy atom. The van der Waals surface area contributed by atoms with E-state index >= 15 is 0 Å². The Morgan fingerprint density at radius 3 is 2.38 bits per heavy atom. The van der Waals surface area contributed by atoms with Crippen LogP contribution < -0.4 is 0 Å². The molecule has 1 aromatic carbocycles. The average Bonchev–Trinajstić information content (AvgIpc) is 2.21. The van der Waals surface area contributed by atoms with Gasteiger partial charge in [0.15, 0.2) is 0 Å². The van der Waals surface area contributed by atoms with Gasteiger partial charge in [0.05, 0.1) is 0 Å². The first-order chi connectivity index (χ1) is 7.43. The van der Waals surface area contributed by atoms with Gasteiger partial charge in [-0.3, -0.25) is 0 Å². The Balaban J connectivity index is 2.54. The molecule has 88 valence electrons. The summed E-state index contributed by atoms with van der Waals surface area (Å²) in [6.45, 7) is 5.55. The van der Waals surface area contributed by atoms with Gasteiger partial charge < -0.3 is 9.69 Å². The van der Waals surface area contributed by atoms with Crippen LogP contribution in [0.15, 0.2) is 28.7 Å². The van der Waals surface area contributed by atoms with Crippen molar-refractivity contribution in [2.45, 2.75) is 20.4 Å². The van der Waals surface area contributed by atoms with Crippen LogP contribution in [0.2, 0.25) is 0 Å². The highest BCUT2D eigenvalue weighted by atomic mass is 79.9. The molecule has 0 saturated carbocycles. The lowest BCUT2D eigenvalue weighted by molar-refractivity contribution is -0.115. The first kappa shape index (κ1) is 13.4. The van der Waals surface area contributed by atoms with Gasteiger partial charge in [-0.25, -0.2) is 0 Å². The Kier molecular flexibility index (Phi) is 4.69. The number of rotatable bonds is 5. The molecule has 0 aliphatic heterocycles. The van der Waals surface area contributed by atoms with Crippen molar-refractivity contribution in [2.75, 3.05) is 13.6 Å². The highest BCUT2D eigenvalue weighted by Crippen LogP contribution is 2.15. The van der Waals surface area contributed by atoms with Crippen LogP contribution in [0.3, 0.4) is 0 Å². The molecular weight excluding hydrogens is 266 g/mol. The normalized spacial score (nSPS) is 11.8. The molecule has 1 aromatic rings. The van der Waals surface area contributed by atoms with Gasteiger partial charge in [-0.1, -0.05) is 41.9 Å². The van der Waals surface area contributed by atoms with Crippen molar-refractivity contribution in [3.8, 4) is 0 Å². The molecule has 0 bridgehead atoms. The summed E-state index contributed by atoms with van der Waals surface area (Å²) >= 11 is 3.41. The van der Waals surface area contributed by atoms with E-state index in [1.54, 1.807) is 0 Å². The van der Waals surface area contributed by atoms with Crippen molar-refractivity contribution >= 4 is 22.2 Å². The van der Waals surface area contributed by atoms with Crippen LogP contribution in [-0.2, 0) is 11.3 Å². The molecule has 0 N–H and O–H groups in total. The van der Waals surface area contributed by atoms with E-state index in [4.69, 9.17) is 0 Å². The molecule has 0 amide bonds. The van der Waals surface area contributed by atoms with Crippen LogP contribution >= 0.6 is 15.9 Å². The summed E-state index contributed by atoms with van der Waals surface area (Å²) in [6, 6.07) is 8.26. The number of hydrogen-bond acceptors (Lipinski definition) is 2. The zero-order chi connectivity index (χ0) is 12.2. The summed E-state index contributed by atoms with van der Waals surface area (Å²) in [5, 5.41) is 0. The van der Waals surface area contributed by atoms with Crippen molar-refractivity contribution < 1.29 is 4.79 Å². The number of nitrogens with zero attached hydrogens (tertiary/aromatic N) is 1. The molecular formula is C13H18BrNO. The van der Waals surface area contributed by atoms with Gasteiger partial charge >= 0.3 is 0 Å². The number of aldehydes is 1. The minimum absolute atomic E-state index is 0.274. The van der Waals surface area contributed by atoms with Crippen LogP contribution in [0, 0.1) is 5.41 Å². The van der Waals surface area contributed by atoms with Gasteiger partial charge in [0.1, 0.15) is 6.29 Å². The molecule has 0 atom stereocenters. The molecule has 3 heteroatoms. The van der Waals surface area contributed by atoms with Crippen LogP contribution in [0.5, 0.6) is 0 Å². The Labute approximate surface area is 106 Å². The third-order valence-electron chi connectivity index (χ3n) is 2.36. The summed E-state index contributed by atoms with van der Waals surface area (Å²) in [6.07, 6.45) is 1.02. The summed E-state index contributed by atoms with van der Waals surface area (Å²) in [5.41, 5.74) is 0.983. The van der Waals surface area contributed by atoms with Gasteiger partial charge in [-0.15, -0.1) is 0 Å². The quantitative estimate of drug-likeness (QED) is 0.774. The third kappa shape index (κ3) is 4.45. The Morgan fingerprint density at radius 2 is 1.88 bits per heavy atom. The minimum atomic E-state index is -0.274. The predicted molar refractivity (Wildman–Crippen MR) is 70.3 cm³/mol. The van der Waals surface area contributed by atoms with Gasteiger partial charge in [0.25, 0.3) is 0 Å². The first-order valence-corrected chi connectivity index (χ1v) is 6.11. The van der Waals surface area contributed by atoms with E-state index in [9.17, 15) is 4.79 Å². The third-order valence-corrected chi connectivity index (χ3v) is 2.89. The van der Waals surface area contributed by atoms with E-state index in [1.807, 2.05) is 33.0 Å². The van der Waals surface area contributed by atoms with E-state index in [0.29, 0.717) is 0 Å². The number of carbonyl (C=O) groups is 1. The molecule has 0 saturated heterocycles. The van der Waals surface area contributed by atoms with E-state index < -0.39 is 0 Å². The smallest absolute Gasteiger partial charge is 0.126 e. The topological polar surface area (TPSA) is 20.3 Å². The maximum atomic E-state index is 10.8. The maximum Gasteiger partial charge on any atom is 0.126 e. The van der Waals surface area contributed by atoms with Crippen molar-refractivity contribution in [3.05, 3.63) is 34.3 Å². The van der Waals surface area contributed by atoms with Crippen LogP contribution in [0.25, 0.3) is 0 Å². The second-order valence-electron chi connectivity index (χ2n) is 4.91. The maximum absolute atomic E-state index is 10.8. The molecule has 0 spiro atoms. The zero-order valence-corrected chi connectivity index (χ0v) is 11.6. The lowest BCUT2D eigenvalue weighted by Crippen LogP contribution is -2.32. The van der Waals surface area contributed by atoms with Gasteiger partial charge in [-0.2, -0.15) is 0 Å². The van der Waals surface area contributed by atoms with Crippen molar-refractivity contribution in [1.29, 1.82) is 0 Å². The van der Waals surface area contributed by atoms with Gasteiger partial charge in [0.2, 0.25) is 0 Å². The van der Waals surface area contributed by atoms with Crippen molar-refractivity contribution in [3.63, 3.8) is 0 Å². The number of halogens is 1. The first-order valence-electron chi connectivity index (χ1n) is 5.32. The predicted octanol–water partition coefficient (Wildman–Crippen LogP) is 3.11. The summed E-state index contributed by atoms with van der Waals surface area (Å²) in [7, 11) is 2.04. The second-order valence-corrected chi connectivity index (χ2v) is 5.82. The van der Waals surface area contributed by atoms with Crippen molar-refractivity contribution in [1.82, 2.24) is 4.90 Å². The summed E-state index contributed by atoms with van der Waals surface area (Å²) in [5.74, 6) is 0. The van der Waals surface area contributed by atoms with Crippen LogP contribution in [0.4, 0.5) is 0 Å². The second kappa shape index (κ2) is 5.60.